The van der Waals surface area contributed by atoms with E-state index in [-0.39, 0.29) is 192 Å². The molecule has 0 saturated heterocycles. The third kappa shape index (κ3) is 54.4. The van der Waals surface area contributed by atoms with E-state index in [9.17, 15) is 67.4 Å². The van der Waals surface area contributed by atoms with Crippen molar-refractivity contribution in [3.05, 3.63) is 0 Å². The molecule has 0 aromatic heterocycles. The number of halogens is 1. The van der Waals surface area contributed by atoms with Crippen LogP contribution in [0.4, 0.5) is 0 Å². The Balaban J connectivity index is 4.14. The number of carbonyl (C=O) groups excluding carboxylic acids is 11. The Morgan fingerprint density at radius 3 is 1.45 bits per heavy atom. The van der Waals surface area contributed by atoms with Crippen LogP contribution >= 0.6 is 99.6 Å². The first-order chi connectivity index (χ1) is 45.7. The first kappa shape index (κ1) is 93.7. The molecule has 0 aromatic rings. The van der Waals surface area contributed by atoms with E-state index in [1.165, 1.54) is 118 Å². The number of carboxylic acid groups (broad SMARTS) is 2. The number of aliphatic carboxylic acids is 2. The first-order valence-electron chi connectivity index (χ1n) is 33.3. The molecule has 552 valence electrons. The molecule has 23 nitrogen and oxygen atoms in total. The SMILES string of the molecule is CC(=O)[C@H](CSSC[C@@H](C(C)=O)N(I)SC(=O)[C@@H](C)CSSC[C@H](C)C(=O)C[C@@H](CSSC[C@H](C)C(C)=O)C(C)=O)CC(=O)CNC(=O)COCCOCCCC(=O)COCCOCCNC(=O)CC[C@H](NC(=O)CCCCCCCCCCCCCCCCC(=O)O)C(=O)O. The van der Waals surface area contributed by atoms with Crippen molar-refractivity contribution in [2.24, 2.45) is 29.6 Å². The van der Waals surface area contributed by atoms with Crippen LogP contribution in [0.1, 0.15) is 190 Å². The number of nitrogens with zero attached hydrogens (tertiary/aromatic N) is 1. The van der Waals surface area contributed by atoms with Crippen LogP contribution in [0, 0.1) is 29.6 Å². The summed E-state index contributed by atoms with van der Waals surface area (Å²) in [7, 11) is 8.73. The number of nitrogens with one attached hydrogen (secondary N) is 3. The van der Waals surface area contributed by atoms with Gasteiger partial charge in [0.05, 0.1) is 45.6 Å². The number of carbonyl (C=O) groups is 13. The predicted molar refractivity (Wildman–Crippen MR) is 397 cm³/mol. The topological polar surface area (TPSA) is 339 Å². The van der Waals surface area contributed by atoms with Crippen molar-refractivity contribution in [1.29, 1.82) is 0 Å². The molecule has 7 atom stereocenters. The molecule has 0 aliphatic carbocycles. The molecule has 0 heterocycles. The minimum Gasteiger partial charge on any atom is -0.481 e. The van der Waals surface area contributed by atoms with Crippen LogP contribution in [-0.2, 0) is 81.3 Å². The minimum atomic E-state index is -1.20. The molecule has 0 rings (SSSR count). The molecule has 5 N–H and O–H groups in total. The van der Waals surface area contributed by atoms with Gasteiger partial charge >= 0.3 is 11.9 Å². The molecule has 0 saturated carbocycles. The summed E-state index contributed by atoms with van der Waals surface area (Å²) in [6, 6.07) is -1.78. The van der Waals surface area contributed by atoms with E-state index < -0.39 is 35.8 Å². The second-order valence-corrected chi connectivity index (χ2v) is 34.1. The van der Waals surface area contributed by atoms with Crippen LogP contribution in [0.15, 0.2) is 0 Å². The van der Waals surface area contributed by atoms with Crippen molar-refractivity contribution >= 4 is 175 Å². The fourth-order valence-corrected chi connectivity index (χ4v) is 19.1. The van der Waals surface area contributed by atoms with Crippen molar-refractivity contribution in [3.63, 3.8) is 0 Å². The second kappa shape index (κ2) is 61.4. The Labute approximate surface area is 611 Å². The molecule has 0 aromatic carbocycles. The number of ether oxygens (including phenoxy) is 4. The highest BCUT2D eigenvalue weighted by Crippen LogP contribution is 2.35. The van der Waals surface area contributed by atoms with Crippen molar-refractivity contribution in [2.45, 2.75) is 202 Å². The summed E-state index contributed by atoms with van der Waals surface area (Å²) >= 11 is 2.92. The number of hydrogen-bond donors (Lipinski definition) is 5. The lowest BCUT2D eigenvalue weighted by atomic mass is 9.95. The zero-order chi connectivity index (χ0) is 71.9. The van der Waals surface area contributed by atoms with E-state index >= 15 is 0 Å². The molecule has 0 aliphatic rings. The number of Topliss-reactive ketones (excluding diaryl/α,β-unsaturated/α-hetero) is 7. The van der Waals surface area contributed by atoms with Gasteiger partial charge in [-0.2, -0.15) is 2.52 Å². The Morgan fingerprint density at radius 1 is 0.438 bits per heavy atom. The number of ketones is 7. The minimum absolute atomic E-state index is 0.0117. The van der Waals surface area contributed by atoms with Crippen LogP contribution in [0.2, 0.25) is 0 Å². The molecule has 0 radical (unpaired) electrons. The number of amides is 3. The van der Waals surface area contributed by atoms with Crippen LogP contribution in [-0.4, -0.2) is 201 Å². The van der Waals surface area contributed by atoms with E-state index in [0.717, 1.165) is 63.3 Å². The lowest BCUT2D eigenvalue weighted by Gasteiger charge is -2.23. The maximum absolute atomic E-state index is 13.2. The molecule has 0 spiro atoms. The number of hydrogen-bond acceptors (Lipinski definition) is 25. The van der Waals surface area contributed by atoms with Gasteiger partial charge in [-0.1, -0.05) is 163 Å². The average Bonchev–Trinajstić information content (AvgIpc) is 1.06. The Bertz CT molecular complexity index is 2320. The highest BCUT2D eigenvalue weighted by atomic mass is 127. The second-order valence-electron chi connectivity index (χ2n) is 23.8. The fraction of sp³-hybridized carbons (Fsp3) is 0.800. The van der Waals surface area contributed by atoms with Crippen LogP contribution < -0.4 is 16.0 Å². The zero-order valence-electron chi connectivity index (χ0n) is 57.4. The lowest BCUT2D eigenvalue weighted by molar-refractivity contribution is -0.142. The Morgan fingerprint density at radius 2 is 0.917 bits per heavy atom. The van der Waals surface area contributed by atoms with Crippen LogP contribution in [0.5, 0.6) is 0 Å². The lowest BCUT2D eigenvalue weighted by Crippen LogP contribution is -2.41. The maximum Gasteiger partial charge on any atom is 0.326 e. The molecular weight excluding hydrogens is 1490 g/mol. The van der Waals surface area contributed by atoms with Gasteiger partial charge in [-0.3, -0.25) is 57.5 Å². The molecule has 3 amide bonds. The number of unbranched alkanes of at least 4 members (excludes halogenated alkanes) is 13. The van der Waals surface area contributed by atoms with Crippen molar-refractivity contribution < 1.29 is 91.5 Å². The van der Waals surface area contributed by atoms with Gasteiger partial charge in [0, 0.05) is 151 Å². The molecule has 96 heavy (non-hydrogen) atoms. The average molecular weight is 1600 g/mol. The summed E-state index contributed by atoms with van der Waals surface area (Å²) in [4.78, 5) is 159. The summed E-state index contributed by atoms with van der Waals surface area (Å²) in [6.07, 6.45) is 15.9. The first-order valence-corrected chi connectivity index (χ1v) is 42.5. The van der Waals surface area contributed by atoms with Gasteiger partial charge in [0.2, 0.25) is 22.8 Å². The van der Waals surface area contributed by atoms with Crippen LogP contribution in [0.25, 0.3) is 0 Å². The van der Waals surface area contributed by atoms with Crippen molar-refractivity contribution in [1.82, 2.24) is 18.5 Å². The normalized spacial score (nSPS) is 13.6. The molecule has 0 fully saturated rings. The quantitative estimate of drug-likeness (QED) is 0.0124. The van der Waals surface area contributed by atoms with E-state index in [1.54, 1.807) is 9.44 Å². The van der Waals surface area contributed by atoms with E-state index in [2.05, 4.69) is 16.0 Å². The monoisotopic (exact) mass is 1600 g/mol. The van der Waals surface area contributed by atoms with E-state index in [1.807, 2.05) is 43.6 Å². The number of rotatable bonds is 68. The Kier molecular flexibility index (Phi) is 59.9. The van der Waals surface area contributed by atoms with Gasteiger partial charge in [-0.25, -0.2) is 4.79 Å². The molecule has 0 bridgehead atoms. The van der Waals surface area contributed by atoms with Gasteiger partial charge in [0.25, 0.3) is 0 Å². The Hall–Kier alpha value is -2.31. The van der Waals surface area contributed by atoms with Gasteiger partial charge in [0.15, 0.2) is 11.6 Å². The fourth-order valence-electron chi connectivity index (χ4n) is 8.41. The summed E-state index contributed by atoms with van der Waals surface area (Å²) in [5.74, 6) is -2.77. The summed E-state index contributed by atoms with van der Waals surface area (Å²) in [6.45, 7) is 11.9. The molecule has 0 aliphatic heterocycles. The molecular formula is C65H109IN4O19S7. The zero-order valence-corrected chi connectivity index (χ0v) is 65.3. The molecule has 0 unspecified atom stereocenters. The van der Waals surface area contributed by atoms with Crippen molar-refractivity contribution in [2.75, 3.05) is 100 Å². The van der Waals surface area contributed by atoms with Gasteiger partial charge in [-0.15, -0.1) is 0 Å². The summed E-state index contributed by atoms with van der Waals surface area (Å²) in [5.41, 5.74) is 0. The van der Waals surface area contributed by atoms with E-state index in [4.69, 9.17) is 24.1 Å². The van der Waals surface area contributed by atoms with Gasteiger partial charge in [0.1, 0.15) is 48.2 Å². The van der Waals surface area contributed by atoms with Gasteiger partial charge < -0.3 is 45.1 Å². The van der Waals surface area contributed by atoms with Crippen LogP contribution in [0.3, 0.4) is 0 Å². The molecule has 31 heteroatoms. The van der Waals surface area contributed by atoms with Crippen molar-refractivity contribution in [3.8, 4) is 0 Å². The summed E-state index contributed by atoms with van der Waals surface area (Å²) in [5, 5.41) is 25.8. The standard InChI is InChI=1S/C65H109IN4O19S7/c1-46(49(4)71)40-90-93-44-54(51(6)73)36-59(77)47(2)41-91-92-42-48(3)65(85)96-70(66)58(52(7)74)45-95-94-43-53(50(5)72)35-56(76)37-68-62(80)39-89-34-31-86-29-22-23-55(75)38-88-33-32-87-30-28-67-60(78)27-26-57(64(83)84)69-61(79)24-20-18-16-14-12-10-8-9-11-13-15-17-19-21-25-63(81)82/h46-48,53-54,57-58H,8-45H2,1-7H3,(H,67,78)(H,68,80)(H,69,79)(H,81,82)(H,83,84)/t46-,47-,48-,53-,54-,57-,58-/m0/s1. The smallest absolute Gasteiger partial charge is 0.326 e. The third-order valence-electron chi connectivity index (χ3n) is 15.0. The highest BCUT2D eigenvalue weighted by Gasteiger charge is 2.29. The number of carboxylic acids is 2. The highest BCUT2D eigenvalue weighted by molar-refractivity contribution is 14.1. The van der Waals surface area contributed by atoms with E-state index in [0.29, 0.717) is 47.4 Å². The predicted octanol–water partition coefficient (Wildman–Crippen LogP) is 11.1. The summed E-state index contributed by atoms with van der Waals surface area (Å²) < 4.78 is 23.3. The van der Waals surface area contributed by atoms with Gasteiger partial charge in [-0.05, 0) is 53.4 Å². The maximum atomic E-state index is 13.2. The third-order valence-corrected chi connectivity index (χ3v) is 25.1. The largest absolute Gasteiger partial charge is 0.481 e.